The summed E-state index contributed by atoms with van der Waals surface area (Å²) < 4.78 is 22.8. The van der Waals surface area contributed by atoms with Crippen molar-refractivity contribution in [2.45, 2.75) is 18.2 Å². The second kappa shape index (κ2) is 5.79. The fourth-order valence-corrected chi connectivity index (χ4v) is 1.98. The Hall–Kier alpha value is -1.40. The van der Waals surface area contributed by atoms with E-state index in [0.29, 0.717) is 17.9 Å². The van der Waals surface area contributed by atoms with Gasteiger partial charge >= 0.3 is 0 Å². The first kappa shape index (κ1) is 13.7. The molecular formula is C11H17N3O2S. The van der Waals surface area contributed by atoms with Crippen LogP contribution in [0, 0.1) is 0 Å². The highest BCUT2D eigenvalue weighted by Crippen LogP contribution is 2.11. The summed E-state index contributed by atoms with van der Waals surface area (Å²) in [4.78, 5) is 4.50. The van der Waals surface area contributed by atoms with E-state index in [1.807, 2.05) is 6.92 Å². The number of hydrogen-bond donors (Lipinski definition) is 2. The molecule has 0 bridgehead atoms. The minimum Gasteiger partial charge on any atom is -0.308 e. The molecule has 3 N–H and O–H groups in total. The van der Waals surface area contributed by atoms with Gasteiger partial charge in [-0.05, 0) is 18.6 Å². The van der Waals surface area contributed by atoms with Gasteiger partial charge in [-0.15, -0.1) is 0 Å². The first-order valence-corrected chi connectivity index (χ1v) is 7.19. The van der Waals surface area contributed by atoms with Crippen molar-refractivity contribution in [1.82, 2.24) is 5.43 Å². The highest BCUT2D eigenvalue weighted by Gasteiger charge is 2.09. The van der Waals surface area contributed by atoms with Gasteiger partial charge in [-0.2, -0.15) is 0 Å². The predicted octanol–water partition coefficient (Wildman–Crippen LogP) is 0.710. The van der Waals surface area contributed by atoms with Crippen LogP contribution in [0.1, 0.15) is 18.9 Å². The molecule has 0 amide bonds. The number of nitrogens with zero attached hydrogens (tertiary/aromatic N) is 1. The lowest BCUT2D eigenvalue weighted by Crippen LogP contribution is -2.31. The largest absolute Gasteiger partial charge is 0.308 e. The molecule has 0 aliphatic carbocycles. The first-order chi connectivity index (χ1) is 7.99. The number of hydrogen-bond acceptors (Lipinski definition) is 4. The molecule has 0 saturated heterocycles. The van der Waals surface area contributed by atoms with Crippen molar-refractivity contribution in [2.24, 2.45) is 10.8 Å². The third-order valence-corrected chi connectivity index (χ3v) is 3.28. The highest BCUT2D eigenvalue weighted by molar-refractivity contribution is 7.90. The van der Waals surface area contributed by atoms with Crippen molar-refractivity contribution in [1.29, 1.82) is 0 Å². The molecule has 0 aromatic heterocycles. The summed E-state index contributed by atoms with van der Waals surface area (Å²) in [5, 5.41) is 0. The Morgan fingerprint density at radius 3 is 2.71 bits per heavy atom. The van der Waals surface area contributed by atoms with Crippen molar-refractivity contribution in [3.63, 3.8) is 0 Å². The van der Waals surface area contributed by atoms with Crippen molar-refractivity contribution in [3.05, 3.63) is 29.8 Å². The van der Waals surface area contributed by atoms with Gasteiger partial charge in [0.1, 0.15) is 5.84 Å². The highest BCUT2D eigenvalue weighted by atomic mass is 32.2. The summed E-state index contributed by atoms with van der Waals surface area (Å²) >= 11 is 0. The number of sulfone groups is 1. The fourth-order valence-electron chi connectivity index (χ4n) is 1.32. The normalized spacial score (nSPS) is 12.5. The Labute approximate surface area is 102 Å². The van der Waals surface area contributed by atoms with Crippen LogP contribution in [-0.4, -0.2) is 27.1 Å². The summed E-state index contributed by atoms with van der Waals surface area (Å²) in [7, 11) is -3.21. The van der Waals surface area contributed by atoms with E-state index in [4.69, 9.17) is 5.84 Å². The third kappa shape index (κ3) is 3.83. The van der Waals surface area contributed by atoms with Crippen LogP contribution in [0.15, 0.2) is 34.2 Å². The summed E-state index contributed by atoms with van der Waals surface area (Å²) in [6.45, 7) is 2.65. The zero-order valence-corrected chi connectivity index (χ0v) is 10.8. The van der Waals surface area contributed by atoms with Crippen LogP contribution in [0.25, 0.3) is 0 Å². The number of rotatable bonds is 4. The van der Waals surface area contributed by atoms with E-state index in [1.165, 1.54) is 6.26 Å². The van der Waals surface area contributed by atoms with Crippen LogP contribution < -0.4 is 11.3 Å². The lowest BCUT2D eigenvalue weighted by atomic mass is 10.2. The standard InChI is InChI=1S/C11H17N3O2S/c1-3-7-13-11(14-12)9-5-4-6-10(8-9)17(2,15)16/h4-6,8H,3,7,12H2,1-2H3,(H,13,14). The maximum Gasteiger partial charge on any atom is 0.175 e. The average molecular weight is 255 g/mol. The second-order valence-corrected chi connectivity index (χ2v) is 5.69. The topological polar surface area (TPSA) is 84.5 Å². The average Bonchev–Trinajstić information content (AvgIpc) is 2.29. The quantitative estimate of drug-likeness (QED) is 0.359. The summed E-state index contributed by atoms with van der Waals surface area (Å²) in [6.07, 6.45) is 2.07. The minimum atomic E-state index is -3.21. The van der Waals surface area contributed by atoms with Gasteiger partial charge in [-0.1, -0.05) is 19.1 Å². The van der Waals surface area contributed by atoms with Crippen LogP contribution in [0.4, 0.5) is 0 Å². The van der Waals surface area contributed by atoms with E-state index in [-0.39, 0.29) is 4.90 Å². The number of nitrogens with two attached hydrogens (primary N) is 1. The van der Waals surface area contributed by atoms with Crippen LogP contribution in [0.2, 0.25) is 0 Å². The van der Waals surface area contributed by atoms with E-state index < -0.39 is 9.84 Å². The molecule has 0 unspecified atom stereocenters. The second-order valence-electron chi connectivity index (χ2n) is 3.67. The van der Waals surface area contributed by atoms with Crippen molar-refractivity contribution in [3.8, 4) is 0 Å². The van der Waals surface area contributed by atoms with Crippen LogP contribution in [-0.2, 0) is 9.84 Å². The Bertz CT molecular complexity index is 509. The van der Waals surface area contributed by atoms with Crippen LogP contribution >= 0.6 is 0 Å². The molecule has 1 aromatic carbocycles. The number of hydrazine groups is 1. The van der Waals surface area contributed by atoms with Gasteiger partial charge in [-0.25, -0.2) is 14.3 Å². The maximum absolute atomic E-state index is 11.4. The lowest BCUT2D eigenvalue weighted by Gasteiger charge is -2.07. The zero-order chi connectivity index (χ0) is 12.9. The monoisotopic (exact) mass is 255 g/mol. The van der Waals surface area contributed by atoms with E-state index in [1.54, 1.807) is 24.3 Å². The number of benzene rings is 1. The molecular weight excluding hydrogens is 238 g/mol. The molecule has 0 heterocycles. The number of nitrogens with one attached hydrogen (secondary N) is 1. The van der Waals surface area contributed by atoms with Crippen molar-refractivity contribution >= 4 is 15.7 Å². The van der Waals surface area contributed by atoms with E-state index in [2.05, 4.69) is 10.4 Å². The predicted molar refractivity (Wildman–Crippen MR) is 68.6 cm³/mol. The van der Waals surface area contributed by atoms with E-state index in [9.17, 15) is 8.42 Å². The van der Waals surface area contributed by atoms with Gasteiger partial charge in [0.2, 0.25) is 0 Å². The molecule has 17 heavy (non-hydrogen) atoms. The van der Waals surface area contributed by atoms with Crippen LogP contribution in [0.3, 0.4) is 0 Å². The van der Waals surface area contributed by atoms with E-state index in [0.717, 1.165) is 6.42 Å². The fraction of sp³-hybridized carbons (Fsp3) is 0.364. The maximum atomic E-state index is 11.4. The number of aliphatic imine (C=N–C) groups is 1. The van der Waals surface area contributed by atoms with Gasteiger partial charge in [0.15, 0.2) is 9.84 Å². The number of amidine groups is 1. The minimum absolute atomic E-state index is 0.259. The molecule has 0 atom stereocenters. The molecule has 5 nitrogen and oxygen atoms in total. The van der Waals surface area contributed by atoms with Gasteiger partial charge in [0, 0.05) is 18.4 Å². The summed E-state index contributed by atoms with van der Waals surface area (Å²) in [5.41, 5.74) is 3.16. The molecule has 0 radical (unpaired) electrons. The molecule has 1 aromatic rings. The molecule has 0 saturated carbocycles. The van der Waals surface area contributed by atoms with E-state index >= 15 is 0 Å². The SMILES string of the molecule is CCCN=C(NN)c1cccc(S(C)(=O)=O)c1. The Morgan fingerprint density at radius 1 is 1.47 bits per heavy atom. The Balaban J connectivity index is 3.14. The molecule has 0 fully saturated rings. The summed E-state index contributed by atoms with van der Waals surface area (Å²) in [5.74, 6) is 5.87. The molecule has 0 aliphatic rings. The molecule has 1 rings (SSSR count). The van der Waals surface area contributed by atoms with Gasteiger partial charge in [0.25, 0.3) is 0 Å². The Kier molecular flexibility index (Phi) is 4.65. The van der Waals surface area contributed by atoms with Gasteiger partial charge < -0.3 is 5.43 Å². The smallest absolute Gasteiger partial charge is 0.175 e. The van der Waals surface area contributed by atoms with Gasteiger partial charge in [0.05, 0.1) is 4.90 Å². The van der Waals surface area contributed by atoms with Crippen molar-refractivity contribution < 1.29 is 8.42 Å². The molecule has 0 spiro atoms. The van der Waals surface area contributed by atoms with Crippen LogP contribution in [0.5, 0.6) is 0 Å². The first-order valence-electron chi connectivity index (χ1n) is 5.30. The molecule has 6 heteroatoms. The Morgan fingerprint density at radius 2 is 2.18 bits per heavy atom. The van der Waals surface area contributed by atoms with Crippen molar-refractivity contribution in [2.75, 3.05) is 12.8 Å². The molecule has 94 valence electrons. The zero-order valence-electron chi connectivity index (χ0n) is 9.97. The third-order valence-electron chi connectivity index (χ3n) is 2.17. The summed E-state index contributed by atoms with van der Waals surface area (Å²) in [6, 6.07) is 6.55. The van der Waals surface area contributed by atoms with Gasteiger partial charge in [-0.3, -0.25) is 4.99 Å². The molecule has 0 aliphatic heterocycles. The lowest BCUT2D eigenvalue weighted by molar-refractivity contribution is 0.602.